The molecule has 2 heterocycles. The molecule has 0 unspecified atom stereocenters. The number of furan rings is 1. The summed E-state index contributed by atoms with van der Waals surface area (Å²) in [5, 5.41) is 0. The smallest absolute Gasteiger partial charge is 0.250 e. The molecule has 0 radical (unpaired) electrons. The van der Waals surface area contributed by atoms with Crippen molar-refractivity contribution in [1.82, 2.24) is 4.72 Å². The van der Waals surface area contributed by atoms with E-state index in [4.69, 9.17) is 16.0 Å². The fourth-order valence-electron chi connectivity index (χ4n) is 1.94. The van der Waals surface area contributed by atoms with Crippen molar-refractivity contribution in [3.05, 3.63) is 64.9 Å². The number of halogens is 1. The highest BCUT2D eigenvalue weighted by Gasteiger charge is 2.16. The van der Waals surface area contributed by atoms with Crippen LogP contribution in [0.3, 0.4) is 0 Å². The van der Waals surface area contributed by atoms with Crippen molar-refractivity contribution in [1.29, 1.82) is 0 Å². The van der Waals surface area contributed by atoms with Gasteiger partial charge in [0.25, 0.3) is 0 Å². The molecule has 2 aromatic heterocycles. The number of rotatable bonds is 5. The Morgan fingerprint density at radius 2 is 1.82 bits per heavy atom. The van der Waals surface area contributed by atoms with Crippen LogP contribution in [0.15, 0.2) is 63.6 Å². The summed E-state index contributed by atoms with van der Waals surface area (Å²) in [5.74, 6) is 0. The van der Waals surface area contributed by atoms with Gasteiger partial charge in [0.15, 0.2) is 0 Å². The fourth-order valence-corrected chi connectivity index (χ4v) is 4.48. The first kappa shape index (κ1) is 15.3. The van der Waals surface area contributed by atoms with Crippen LogP contribution in [-0.2, 0) is 16.6 Å². The number of nitrogens with one attached hydrogen (secondary N) is 1. The molecule has 0 saturated heterocycles. The number of hydrogen-bond donors (Lipinski definition) is 1. The quantitative estimate of drug-likeness (QED) is 0.749. The first-order chi connectivity index (χ1) is 10.5. The van der Waals surface area contributed by atoms with E-state index >= 15 is 0 Å². The second kappa shape index (κ2) is 6.26. The summed E-state index contributed by atoms with van der Waals surface area (Å²) in [7, 11) is -3.52. The van der Waals surface area contributed by atoms with Gasteiger partial charge in [-0.1, -0.05) is 35.9 Å². The van der Waals surface area contributed by atoms with E-state index < -0.39 is 10.0 Å². The van der Waals surface area contributed by atoms with E-state index in [1.54, 1.807) is 18.6 Å². The van der Waals surface area contributed by atoms with Gasteiger partial charge in [-0.05, 0) is 29.3 Å². The fraction of sp³-hybridized carbons (Fsp3) is 0.0667. The zero-order chi connectivity index (χ0) is 15.6. The second-order valence-corrected chi connectivity index (χ2v) is 8.30. The van der Waals surface area contributed by atoms with Crippen molar-refractivity contribution in [2.75, 3.05) is 0 Å². The van der Waals surface area contributed by atoms with Crippen molar-refractivity contribution in [2.24, 2.45) is 0 Å². The molecule has 0 atom stereocenters. The van der Waals surface area contributed by atoms with Gasteiger partial charge in [-0.3, -0.25) is 0 Å². The maximum absolute atomic E-state index is 12.1. The molecule has 1 N–H and O–H groups in total. The molecule has 1 aromatic carbocycles. The first-order valence-electron chi connectivity index (χ1n) is 6.41. The van der Waals surface area contributed by atoms with Crippen LogP contribution in [0, 0.1) is 0 Å². The van der Waals surface area contributed by atoms with Crippen molar-refractivity contribution in [3.63, 3.8) is 0 Å². The highest BCUT2D eigenvalue weighted by Crippen LogP contribution is 2.25. The van der Waals surface area contributed by atoms with Crippen LogP contribution < -0.4 is 4.72 Å². The normalized spacial score (nSPS) is 11.7. The Kier molecular flexibility index (Phi) is 4.35. The lowest BCUT2D eigenvalue weighted by atomic mass is 10.1. The van der Waals surface area contributed by atoms with E-state index in [0.29, 0.717) is 4.34 Å². The van der Waals surface area contributed by atoms with E-state index in [1.165, 1.54) is 6.07 Å². The van der Waals surface area contributed by atoms with Crippen molar-refractivity contribution >= 4 is 33.0 Å². The minimum atomic E-state index is -3.52. The molecule has 0 aliphatic rings. The van der Waals surface area contributed by atoms with Crippen molar-refractivity contribution in [3.8, 4) is 11.1 Å². The van der Waals surface area contributed by atoms with Crippen LogP contribution in [0.2, 0.25) is 4.34 Å². The molecular weight excluding hydrogens is 342 g/mol. The number of sulfonamides is 1. The third-order valence-corrected chi connectivity index (χ3v) is 6.21. The van der Waals surface area contributed by atoms with Gasteiger partial charge in [0.1, 0.15) is 4.21 Å². The predicted molar refractivity (Wildman–Crippen MR) is 87.5 cm³/mol. The van der Waals surface area contributed by atoms with Gasteiger partial charge in [-0.15, -0.1) is 11.3 Å². The number of hydrogen-bond acceptors (Lipinski definition) is 4. The standard InChI is InChI=1S/C15H12ClNO3S2/c16-14-5-6-15(21-14)22(18,19)17-9-11-1-3-12(4-2-11)13-7-8-20-10-13/h1-8,10,17H,9H2. The topological polar surface area (TPSA) is 59.3 Å². The molecule has 0 bridgehead atoms. The Labute approximate surface area is 137 Å². The average Bonchev–Trinajstić information content (AvgIpc) is 3.17. The largest absolute Gasteiger partial charge is 0.472 e. The Bertz CT molecular complexity index is 853. The van der Waals surface area contributed by atoms with Crippen LogP contribution in [0.4, 0.5) is 0 Å². The molecule has 0 spiro atoms. The van der Waals surface area contributed by atoms with Gasteiger partial charge in [-0.25, -0.2) is 13.1 Å². The van der Waals surface area contributed by atoms with Gasteiger partial charge in [0, 0.05) is 12.1 Å². The zero-order valence-electron chi connectivity index (χ0n) is 11.3. The van der Waals surface area contributed by atoms with Crippen LogP contribution in [0.5, 0.6) is 0 Å². The lowest BCUT2D eigenvalue weighted by molar-refractivity contribution is 0.568. The minimum Gasteiger partial charge on any atom is -0.472 e. The van der Waals surface area contributed by atoms with Gasteiger partial charge < -0.3 is 4.42 Å². The minimum absolute atomic E-state index is 0.215. The van der Waals surface area contributed by atoms with E-state index in [9.17, 15) is 8.42 Å². The van der Waals surface area contributed by atoms with Gasteiger partial charge in [0.05, 0.1) is 16.9 Å². The van der Waals surface area contributed by atoms with Gasteiger partial charge in [0.2, 0.25) is 10.0 Å². The highest BCUT2D eigenvalue weighted by molar-refractivity contribution is 7.91. The summed E-state index contributed by atoms with van der Waals surface area (Å²) < 4.78 is 32.5. The summed E-state index contributed by atoms with van der Waals surface area (Å²) in [5.41, 5.74) is 2.88. The maximum Gasteiger partial charge on any atom is 0.250 e. The molecule has 0 saturated carbocycles. The van der Waals surface area contributed by atoms with Crippen LogP contribution in [0.25, 0.3) is 11.1 Å². The van der Waals surface area contributed by atoms with Crippen molar-refractivity contribution < 1.29 is 12.8 Å². The molecule has 3 aromatic rings. The third-order valence-electron chi connectivity index (χ3n) is 3.09. The molecule has 22 heavy (non-hydrogen) atoms. The number of benzene rings is 1. The summed E-state index contributed by atoms with van der Waals surface area (Å²) in [6, 6.07) is 12.6. The van der Waals surface area contributed by atoms with Crippen LogP contribution in [-0.4, -0.2) is 8.42 Å². The Morgan fingerprint density at radius 3 is 2.41 bits per heavy atom. The molecule has 114 valence electrons. The maximum atomic E-state index is 12.1. The summed E-state index contributed by atoms with van der Waals surface area (Å²) >= 11 is 6.80. The molecule has 7 heteroatoms. The lowest BCUT2D eigenvalue weighted by Crippen LogP contribution is -2.22. The zero-order valence-corrected chi connectivity index (χ0v) is 13.7. The highest BCUT2D eigenvalue weighted by atomic mass is 35.5. The number of thiophene rings is 1. The van der Waals surface area contributed by atoms with E-state index in [2.05, 4.69) is 4.72 Å². The molecule has 4 nitrogen and oxygen atoms in total. The van der Waals surface area contributed by atoms with Gasteiger partial charge in [-0.2, -0.15) is 0 Å². The predicted octanol–water partition coefficient (Wildman–Crippen LogP) is 4.14. The summed E-state index contributed by atoms with van der Waals surface area (Å²) in [4.78, 5) is 0. The Balaban J connectivity index is 1.69. The van der Waals surface area contributed by atoms with Crippen LogP contribution in [0.1, 0.15) is 5.56 Å². The van der Waals surface area contributed by atoms with Crippen LogP contribution >= 0.6 is 22.9 Å². The molecule has 0 fully saturated rings. The molecular formula is C15H12ClNO3S2. The molecule has 3 rings (SSSR count). The first-order valence-corrected chi connectivity index (χ1v) is 9.09. The Morgan fingerprint density at radius 1 is 1.05 bits per heavy atom. The lowest BCUT2D eigenvalue weighted by Gasteiger charge is -2.05. The van der Waals surface area contributed by atoms with E-state index in [-0.39, 0.29) is 10.8 Å². The summed E-state index contributed by atoms with van der Waals surface area (Å²) in [6.07, 6.45) is 3.28. The van der Waals surface area contributed by atoms with Crippen molar-refractivity contribution in [2.45, 2.75) is 10.8 Å². The molecule has 0 amide bonds. The SMILES string of the molecule is O=S(=O)(NCc1ccc(-c2ccoc2)cc1)c1ccc(Cl)s1. The molecule has 0 aliphatic heterocycles. The average molecular weight is 354 g/mol. The second-order valence-electron chi connectivity index (χ2n) is 4.59. The van der Waals surface area contributed by atoms with E-state index in [0.717, 1.165) is 28.0 Å². The summed E-state index contributed by atoms with van der Waals surface area (Å²) in [6.45, 7) is 0.226. The van der Waals surface area contributed by atoms with Gasteiger partial charge >= 0.3 is 0 Å². The third kappa shape index (κ3) is 3.41. The Hall–Kier alpha value is -1.60. The van der Waals surface area contributed by atoms with E-state index in [1.807, 2.05) is 30.3 Å². The molecule has 0 aliphatic carbocycles. The monoisotopic (exact) mass is 353 g/mol.